The molecule has 1 aromatic rings. The molecule has 0 atom stereocenters. The van der Waals surface area contributed by atoms with Crippen LogP contribution in [0.5, 0.6) is 0 Å². The van der Waals surface area contributed by atoms with Crippen LogP contribution in [0.4, 0.5) is 5.69 Å². The highest BCUT2D eigenvalue weighted by molar-refractivity contribution is 6.38. The summed E-state index contributed by atoms with van der Waals surface area (Å²) in [6, 6.07) is 5.27. The summed E-state index contributed by atoms with van der Waals surface area (Å²) in [6.45, 7) is 1.86. The van der Waals surface area contributed by atoms with Crippen molar-refractivity contribution in [1.82, 2.24) is 0 Å². The first-order valence-electron chi connectivity index (χ1n) is 5.71. The van der Waals surface area contributed by atoms with Crippen molar-refractivity contribution in [2.45, 2.75) is 6.92 Å². The van der Waals surface area contributed by atoms with Crippen LogP contribution in [0.2, 0.25) is 0 Å². The second-order valence-corrected chi connectivity index (χ2v) is 4.31. The zero-order valence-electron chi connectivity index (χ0n) is 10.8. The van der Waals surface area contributed by atoms with Gasteiger partial charge in [-0.15, -0.1) is 0 Å². The van der Waals surface area contributed by atoms with E-state index >= 15 is 0 Å². The molecule has 0 heterocycles. The average Bonchev–Trinajstić information content (AvgIpc) is 2.38. The van der Waals surface area contributed by atoms with E-state index in [4.69, 9.17) is 21.6 Å². The average molecular weight is 257 g/mol. The topological polar surface area (TPSA) is 102 Å². The molecule has 2 rings (SSSR count). The molecule has 5 nitrogen and oxygen atoms in total. The summed E-state index contributed by atoms with van der Waals surface area (Å²) in [5.74, 6) is -0.138. The third kappa shape index (κ3) is 2.10. The second-order valence-electron chi connectivity index (χ2n) is 4.31. The lowest BCUT2D eigenvalue weighted by Crippen LogP contribution is -2.23. The van der Waals surface area contributed by atoms with Crippen molar-refractivity contribution < 1.29 is 9.53 Å². The fourth-order valence-electron chi connectivity index (χ4n) is 1.94. The molecule has 5 N–H and O–H groups in total. The number of benzene rings is 1. The summed E-state index contributed by atoms with van der Waals surface area (Å²) in [5.41, 5.74) is 14.3. The highest BCUT2D eigenvalue weighted by Crippen LogP contribution is 2.28. The first-order valence-corrected chi connectivity index (χ1v) is 5.71. The maximum absolute atomic E-state index is 11.8. The van der Waals surface area contributed by atoms with Crippen LogP contribution in [0.15, 0.2) is 35.7 Å². The fraction of sp³-hybridized carbons (Fsp3) is 0.143. The van der Waals surface area contributed by atoms with Crippen molar-refractivity contribution in [3.05, 3.63) is 46.9 Å². The van der Waals surface area contributed by atoms with E-state index in [1.807, 2.05) is 6.92 Å². The van der Waals surface area contributed by atoms with Crippen LogP contribution in [0.25, 0.3) is 5.57 Å². The Morgan fingerprint density at radius 2 is 1.95 bits per heavy atom. The molecule has 1 aliphatic rings. The Labute approximate surface area is 111 Å². The van der Waals surface area contributed by atoms with Crippen LogP contribution in [-0.2, 0) is 9.53 Å². The van der Waals surface area contributed by atoms with Gasteiger partial charge in [-0.1, -0.05) is 6.07 Å². The van der Waals surface area contributed by atoms with Gasteiger partial charge >= 0.3 is 0 Å². The number of hydrogen-bond donors (Lipinski definition) is 3. The largest absolute Gasteiger partial charge is 0.494 e. The number of nitrogens with one attached hydrogen (secondary N) is 1. The molecule has 0 aromatic heterocycles. The molecule has 0 spiro atoms. The van der Waals surface area contributed by atoms with Crippen LogP contribution in [0.3, 0.4) is 0 Å². The van der Waals surface area contributed by atoms with E-state index in [1.54, 1.807) is 18.2 Å². The molecular weight excluding hydrogens is 242 g/mol. The number of allylic oxidation sites excluding steroid dienone is 2. The Morgan fingerprint density at radius 1 is 1.26 bits per heavy atom. The highest BCUT2D eigenvalue weighted by atomic mass is 16.5. The minimum atomic E-state index is -0.350. The molecule has 0 unspecified atom stereocenters. The molecule has 19 heavy (non-hydrogen) atoms. The lowest BCUT2D eigenvalue weighted by Gasteiger charge is -2.19. The Kier molecular flexibility index (Phi) is 3.12. The Hall–Kier alpha value is -2.56. The minimum Gasteiger partial charge on any atom is -0.494 e. The molecule has 0 bridgehead atoms. The Bertz CT molecular complexity index is 642. The first kappa shape index (κ1) is 12.9. The van der Waals surface area contributed by atoms with Crippen LogP contribution in [0, 0.1) is 12.3 Å². The van der Waals surface area contributed by atoms with Crippen LogP contribution in [-0.4, -0.2) is 18.6 Å². The highest BCUT2D eigenvalue weighted by Gasteiger charge is 2.26. The van der Waals surface area contributed by atoms with Crippen molar-refractivity contribution in [3.63, 3.8) is 0 Å². The number of anilines is 1. The van der Waals surface area contributed by atoms with E-state index in [0.717, 1.165) is 5.56 Å². The van der Waals surface area contributed by atoms with Gasteiger partial charge in [0.05, 0.1) is 12.8 Å². The predicted octanol–water partition coefficient (Wildman–Crippen LogP) is 1.38. The summed E-state index contributed by atoms with van der Waals surface area (Å²) in [4.78, 5) is 11.8. The SMILES string of the molecule is COC1=CC(=O)C(N)=C(c2ccc(N)c(C)c2)C1=N. The number of rotatable bonds is 2. The number of nitrogen functional groups attached to an aromatic ring is 1. The van der Waals surface area contributed by atoms with Gasteiger partial charge in [0, 0.05) is 17.3 Å². The van der Waals surface area contributed by atoms with Crippen molar-refractivity contribution in [2.24, 2.45) is 5.73 Å². The molecule has 0 saturated carbocycles. The van der Waals surface area contributed by atoms with Crippen molar-refractivity contribution in [2.75, 3.05) is 12.8 Å². The molecule has 5 heteroatoms. The lowest BCUT2D eigenvalue weighted by atomic mass is 9.91. The number of carbonyl (C=O) groups is 1. The summed E-state index contributed by atoms with van der Waals surface area (Å²) in [5, 5.41) is 8.07. The number of hydrogen-bond acceptors (Lipinski definition) is 5. The molecule has 0 aliphatic heterocycles. The molecule has 0 radical (unpaired) electrons. The normalized spacial score (nSPS) is 15.6. The monoisotopic (exact) mass is 257 g/mol. The maximum Gasteiger partial charge on any atom is 0.205 e. The number of methoxy groups -OCH3 is 1. The van der Waals surface area contributed by atoms with Gasteiger partial charge in [0.15, 0.2) is 0 Å². The Morgan fingerprint density at radius 3 is 2.53 bits per heavy atom. The molecule has 0 saturated heterocycles. The number of nitrogens with two attached hydrogens (primary N) is 2. The molecule has 0 amide bonds. The molecule has 1 aliphatic carbocycles. The summed E-state index contributed by atoms with van der Waals surface area (Å²) < 4.78 is 5.03. The Balaban J connectivity index is 2.59. The van der Waals surface area contributed by atoms with Crippen LogP contribution in [0.1, 0.15) is 11.1 Å². The predicted molar refractivity (Wildman–Crippen MR) is 74.5 cm³/mol. The quantitative estimate of drug-likeness (QED) is 0.550. The summed E-state index contributed by atoms with van der Waals surface area (Å²) in [6.07, 6.45) is 1.23. The summed E-state index contributed by atoms with van der Waals surface area (Å²) >= 11 is 0. The molecular formula is C14H15N3O2. The molecule has 0 fully saturated rings. The van der Waals surface area contributed by atoms with Gasteiger partial charge in [0.25, 0.3) is 0 Å². The lowest BCUT2D eigenvalue weighted by molar-refractivity contribution is -0.111. The number of aryl methyl sites for hydroxylation is 1. The van der Waals surface area contributed by atoms with Crippen LogP contribution < -0.4 is 11.5 Å². The number of ether oxygens (including phenoxy) is 1. The van der Waals surface area contributed by atoms with Crippen LogP contribution >= 0.6 is 0 Å². The zero-order valence-corrected chi connectivity index (χ0v) is 10.8. The van der Waals surface area contributed by atoms with Gasteiger partial charge in [0.2, 0.25) is 5.78 Å². The minimum absolute atomic E-state index is 0.0509. The third-order valence-electron chi connectivity index (χ3n) is 3.07. The van der Waals surface area contributed by atoms with Gasteiger partial charge in [-0.05, 0) is 30.2 Å². The number of carbonyl (C=O) groups excluding carboxylic acids is 1. The van der Waals surface area contributed by atoms with E-state index in [2.05, 4.69) is 0 Å². The zero-order chi connectivity index (χ0) is 14.2. The van der Waals surface area contributed by atoms with Crippen molar-refractivity contribution in [3.8, 4) is 0 Å². The first-order chi connectivity index (χ1) is 8.95. The van der Waals surface area contributed by atoms with Gasteiger partial charge in [-0.25, -0.2) is 0 Å². The molecule has 1 aromatic carbocycles. The molecule has 98 valence electrons. The standard InChI is InChI=1S/C14H15N3O2/c1-7-5-8(3-4-9(7)15)12-13(16)10(18)6-11(19-2)14(12)17/h3-6,17H,15-16H2,1-2H3. The van der Waals surface area contributed by atoms with Crippen molar-refractivity contribution in [1.29, 1.82) is 5.41 Å². The van der Waals surface area contributed by atoms with E-state index in [9.17, 15) is 4.79 Å². The fourth-order valence-corrected chi connectivity index (χ4v) is 1.94. The smallest absolute Gasteiger partial charge is 0.205 e. The van der Waals surface area contributed by atoms with E-state index < -0.39 is 0 Å². The second kappa shape index (κ2) is 4.61. The van der Waals surface area contributed by atoms with E-state index in [1.165, 1.54) is 13.2 Å². The van der Waals surface area contributed by atoms with Gasteiger partial charge in [-0.2, -0.15) is 0 Å². The van der Waals surface area contributed by atoms with Crippen molar-refractivity contribution >= 4 is 22.8 Å². The third-order valence-corrected chi connectivity index (χ3v) is 3.07. The van der Waals surface area contributed by atoms with Gasteiger partial charge in [-0.3, -0.25) is 10.2 Å². The van der Waals surface area contributed by atoms with Gasteiger partial charge < -0.3 is 16.2 Å². The van der Waals surface area contributed by atoms with E-state index in [0.29, 0.717) is 16.8 Å². The number of ketones is 1. The van der Waals surface area contributed by atoms with Gasteiger partial charge in [0.1, 0.15) is 11.5 Å². The van der Waals surface area contributed by atoms with E-state index in [-0.39, 0.29) is 23.0 Å². The maximum atomic E-state index is 11.8. The summed E-state index contributed by atoms with van der Waals surface area (Å²) in [7, 11) is 1.42.